The third-order valence-electron chi connectivity index (χ3n) is 4.39. The molecule has 1 unspecified atom stereocenters. The van der Waals surface area contributed by atoms with E-state index in [-0.39, 0.29) is 18.7 Å². The summed E-state index contributed by atoms with van der Waals surface area (Å²) in [5.41, 5.74) is 2.14. The normalized spacial score (nSPS) is 13.6. The van der Waals surface area contributed by atoms with E-state index in [1.807, 2.05) is 56.4 Å². The number of nitrogens with zero attached hydrogens (tertiary/aromatic N) is 1. The third kappa shape index (κ3) is 3.65. The molecule has 1 atom stereocenters. The quantitative estimate of drug-likeness (QED) is 0.814. The van der Waals surface area contributed by atoms with Gasteiger partial charge in [-0.15, -0.1) is 0 Å². The fourth-order valence-electron chi connectivity index (χ4n) is 2.70. The number of hydrogen-bond donors (Lipinski definition) is 0. The molecule has 24 heavy (non-hydrogen) atoms. The molecule has 1 amide bonds. The van der Waals surface area contributed by atoms with Gasteiger partial charge in [-0.3, -0.25) is 4.79 Å². The summed E-state index contributed by atoms with van der Waals surface area (Å²) in [5.74, 6) is 1.62. The van der Waals surface area contributed by atoms with E-state index in [1.54, 1.807) is 4.90 Å². The van der Waals surface area contributed by atoms with Crippen LogP contribution in [0.3, 0.4) is 0 Å². The Kier molecular flexibility index (Phi) is 4.95. The molecule has 0 saturated heterocycles. The van der Waals surface area contributed by atoms with Gasteiger partial charge in [0.25, 0.3) is 0 Å². The zero-order valence-corrected chi connectivity index (χ0v) is 14.5. The minimum absolute atomic E-state index is 0.00604. The standard InChI is InChI=1S/C19H20ClNO3/c1-13(15-5-7-16(20)8-6-15)21(2)19(22)10-4-14-3-9-17-18(11-14)24-12-23-17/h3,5-9,11,13H,4,10,12H2,1-2H3. The van der Waals surface area contributed by atoms with Gasteiger partial charge >= 0.3 is 0 Å². The molecule has 0 aliphatic carbocycles. The van der Waals surface area contributed by atoms with Gasteiger partial charge < -0.3 is 14.4 Å². The Morgan fingerprint density at radius 3 is 2.62 bits per heavy atom. The van der Waals surface area contributed by atoms with Gasteiger partial charge in [-0.1, -0.05) is 29.8 Å². The molecule has 126 valence electrons. The summed E-state index contributed by atoms with van der Waals surface area (Å²) in [7, 11) is 1.83. The van der Waals surface area contributed by atoms with E-state index >= 15 is 0 Å². The van der Waals surface area contributed by atoms with Gasteiger partial charge in [-0.25, -0.2) is 0 Å². The molecule has 1 aliphatic rings. The molecule has 3 rings (SSSR count). The predicted molar refractivity (Wildman–Crippen MR) is 93.5 cm³/mol. The van der Waals surface area contributed by atoms with Crippen LogP contribution in [-0.4, -0.2) is 24.6 Å². The van der Waals surface area contributed by atoms with E-state index < -0.39 is 0 Å². The molecule has 0 N–H and O–H groups in total. The molecule has 0 saturated carbocycles. The highest BCUT2D eigenvalue weighted by Gasteiger charge is 2.18. The Bertz CT molecular complexity index is 730. The van der Waals surface area contributed by atoms with Crippen molar-refractivity contribution in [2.75, 3.05) is 13.8 Å². The van der Waals surface area contributed by atoms with Crippen molar-refractivity contribution in [1.29, 1.82) is 0 Å². The van der Waals surface area contributed by atoms with Crippen LogP contribution in [0.2, 0.25) is 5.02 Å². The van der Waals surface area contributed by atoms with Gasteiger partial charge in [0.1, 0.15) is 0 Å². The van der Waals surface area contributed by atoms with Gasteiger partial charge in [0, 0.05) is 18.5 Å². The molecule has 0 spiro atoms. The highest BCUT2D eigenvalue weighted by Crippen LogP contribution is 2.33. The maximum Gasteiger partial charge on any atom is 0.231 e. The lowest BCUT2D eigenvalue weighted by Gasteiger charge is -2.25. The lowest BCUT2D eigenvalue weighted by Crippen LogP contribution is -2.29. The first-order valence-corrected chi connectivity index (χ1v) is 8.32. The van der Waals surface area contributed by atoms with E-state index in [0.29, 0.717) is 17.9 Å². The molecular formula is C19H20ClNO3. The molecule has 1 aliphatic heterocycles. The van der Waals surface area contributed by atoms with Gasteiger partial charge in [0.15, 0.2) is 11.5 Å². The van der Waals surface area contributed by atoms with Crippen LogP contribution in [0.15, 0.2) is 42.5 Å². The van der Waals surface area contributed by atoms with Crippen molar-refractivity contribution in [3.8, 4) is 11.5 Å². The Morgan fingerprint density at radius 1 is 1.17 bits per heavy atom. The van der Waals surface area contributed by atoms with Crippen LogP contribution in [0.1, 0.15) is 30.5 Å². The van der Waals surface area contributed by atoms with E-state index in [0.717, 1.165) is 22.6 Å². The van der Waals surface area contributed by atoms with Crippen molar-refractivity contribution in [3.63, 3.8) is 0 Å². The Morgan fingerprint density at radius 2 is 1.88 bits per heavy atom. The van der Waals surface area contributed by atoms with E-state index in [4.69, 9.17) is 21.1 Å². The summed E-state index contributed by atoms with van der Waals surface area (Å²) in [6.07, 6.45) is 1.13. The second-order valence-electron chi connectivity index (χ2n) is 5.92. The van der Waals surface area contributed by atoms with Crippen LogP contribution in [-0.2, 0) is 11.2 Å². The summed E-state index contributed by atoms with van der Waals surface area (Å²) in [5, 5.41) is 0.697. The summed E-state index contributed by atoms with van der Waals surface area (Å²) >= 11 is 5.92. The summed E-state index contributed by atoms with van der Waals surface area (Å²) in [4.78, 5) is 14.2. The first-order valence-electron chi connectivity index (χ1n) is 7.94. The number of carbonyl (C=O) groups excluding carboxylic acids is 1. The van der Waals surface area contributed by atoms with Crippen molar-refractivity contribution in [3.05, 3.63) is 58.6 Å². The highest BCUT2D eigenvalue weighted by molar-refractivity contribution is 6.30. The van der Waals surface area contributed by atoms with Crippen molar-refractivity contribution in [2.45, 2.75) is 25.8 Å². The number of rotatable bonds is 5. The van der Waals surface area contributed by atoms with Gasteiger partial charge in [0.2, 0.25) is 12.7 Å². The fraction of sp³-hybridized carbons (Fsp3) is 0.316. The smallest absolute Gasteiger partial charge is 0.231 e. The minimum atomic E-state index is 0.00604. The molecule has 0 radical (unpaired) electrons. The monoisotopic (exact) mass is 345 g/mol. The number of fused-ring (bicyclic) bond motifs is 1. The third-order valence-corrected chi connectivity index (χ3v) is 4.64. The second kappa shape index (κ2) is 7.14. The first-order chi connectivity index (χ1) is 11.5. The zero-order chi connectivity index (χ0) is 17.1. The Balaban J connectivity index is 1.58. The summed E-state index contributed by atoms with van der Waals surface area (Å²) in [6.45, 7) is 2.28. The topological polar surface area (TPSA) is 38.8 Å². The second-order valence-corrected chi connectivity index (χ2v) is 6.36. The largest absolute Gasteiger partial charge is 0.454 e. The first kappa shape index (κ1) is 16.7. The predicted octanol–water partition coefficient (Wildman–Crippen LogP) is 4.22. The van der Waals surface area contributed by atoms with Crippen LogP contribution in [0.5, 0.6) is 11.5 Å². The Hall–Kier alpha value is -2.20. The number of benzene rings is 2. The van der Waals surface area contributed by atoms with Crippen LogP contribution < -0.4 is 9.47 Å². The van der Waals surface area contributed by atoms with E-state index in [2.05, 4.69) is 0 Å². The van der Waals surface area contributed by atoms with Crippen LogP contribution in [0.25, 0.3) is 0 Å². The minimum Gasteiger partial charge on any atom is -0.454 e. The molecule has 2 aromatic carbocycles. The molecule has 1 heterocycles. The molecule has 0 bridgehead atoms. The average molecular weight is 346 g/mol. The van der Waals surface area contributed by atoms with Crippen LogP contribution >= 0.6 is 11.6 Å². The fourth-order valence-corrected chi connectivity index (χ4v) is 2.83. The number of carbonyl (C=O) groups is 1. The van der Waals surface area contributed by atoms with Crippen molar-refractivity contribution in [2.24, 2.45) is 0 Å². The number of hydrogen-bond acceptors (Lipinski definition) is 3. The number of ether oxygens (including phenoxy) is 2. The van der Waals surface area contributed by atoms with Gasteiger partial charge in [0.05, 0.1) is 6.04 Å². The van der Waals surface area contributed by atoms with Crippen molar-refractivity contribution in [1.82, 2.24) is 4.90 Å². The van der Waals surface area contributed by atoms with Crippen LogP contribution in [0, 0.1) is 0 Å². The molecule has 2 aromatic rings. The SMILES string of the molecule is CC(c1ccc(Cl)cc1)N(C)C(=O)CCc1ccc2c(c1)OCO2. The molecule has 4 nitrogen and oxygen atoms in total. The molecule has 5 heteroatoms. The van der Waals surface area contributed by atoms with Gasteiger partial charge in [-0.2, -0.15) is 0 Å². The number of halogens is 1. The summed E-state index contributed by atoms with van der Waals surface area (Å²) < 4.78 is 10.7. The van der Waals surface area contributed by atoms with E-state index in [9.17, 15) is 4.79 Å². The maximum absolute atomic E-state index is 12.5. The maximum atomic E-state index is 12.5. The lowest BCUT2D eigenvalue weighted by atomic mass is 10.1. The van der Waals surface area contributed by atoms with Gasteiger partial charge in [-0.05, 0) is 48.7 Å². The molecule has 0 aromatic heterocycles. The lowest BCUT2D eigenvalue weighted by molar-refractivity contribution is -0.131. The van der Waals surface area contributed by atoms with Crippen LogP contribution in [0.4, 0.5) is 0 Å². The molecule has 0 fully saturated rings. The molecular weight excluding hydrogens is 326 g/mol. The highest BCUT2D eigenvalue weighted by atomic mass is 35.5. The average Bonchev–Trinajstić information content (AvgIpc) is 3.06. The number of amides is 1. The Labute approximate surface area is 146 Å². The van der Waals surface area contributed by atoms with E-state index in [1.165, 1.54) is 0 Å². The zero-order valence-electron chi connectivity index (χ0n) is 13.8. The van der Waals surface area contributed by atoms with Crippen molar-refractivity contribution < 1.29 is 14.3 Å². The summed E-state index contributed by atoms with van der Waals surface area (Å²) in [6, 6.07) is 13.4. The van der Waals surface area contributed by atoms with Crippen molar-refractivity contribution >= 4 is 17.5 Å². The number of aryl methyl sites for hydroxylation is 1.